The van der Waals surface area contributed by atoms with Gasteiger partial charge in [-0.1, -0.05) is 12.1 Å². The summed E-state index contributed by atoms with van der Waals surface area (Å²) in [5.41, 5.74) is 1.55. The zero-order valence-corrected chi connectivity index (χ0v) is 10.7. The maximum absolute atomic E-state index is 5.49. The van der Waals surface area contributed by atoms with Crippen LogP contribution in [0.15, 0.2) is 24.3 Å². The molecule has 0 spiro atoms. The number of hydrogen-bond donors (Lipinski definition) is 1. The van der Waals surface area contributed by atoms with E-state index in [1.807, 2.05) is 13.1 Å². The summed E-state index contributed by atoms with van der Waals surface area (Å²) in [6.45, 7) is 2.68. The molecule has 1 saturated heterocycles. The molecule has 1 aliphatic heterocycles. The van der Waals surface area contributed by atoms with Crippen molar-refractivity contribution in [3.63, 3.8) is 0 Å². The molecule has 0 atom stereocenters. The fourth-order valence-corrected chi connectivity index (χ4v) is 2.62. The SMILES string of the molecule is CNCC1(c2cccc(OC)c2)CCOCC1. The van der Waals surface area contributed by atoms with Gasteiger partial charge in [-0.2, -0.15) is 0 Å². The molecule has 0 aromatic heterocycles. The van der Waals surface area contributed by atoms with E-state index in [4.69, 9.17) is 9.47 Å². The Kier molecular flexibility index (Phi) is 4.02. The van der Waals surface area contributed by atoms with E-state index in [1.54, 1.807) is 7.11 Å². The molecule has 0 saturated carbocycles. The molecule has 1 fully saturated rings. The normalized spacial score (nSPS) is 18.9. The molecule has 1 N–H and O–H groups in total. The molecule has 0 bridgehead atoms. The molecule has 1 aromatic carbocycles. The van der Waals surface area contributed by atoms with Crippen molar-refractivity contribution < 1.29 is 9.47 Å². The third-order valence-electron chi connectivity index (χ3n) is 3.65. The second-order valence-corrected chi connectivity index (χ2v) is 4.65. The summed E-state index contributed by atoms with van der Waals surface area (Å²) >= 11 is 0. The summed E-state index contributed by atoms with van der Waals surface area (Å²) in [6.07, 6.45) is 2.14. The number of ether oxygens (including phenoxy) is 2. The Morgan fingerprint density at radius 1 is 1.35 bits per heavy atom. The Bertz CT molecular complexity index is 353. The van der Waals surface area contributed by atoms with Crippen molar-refractivity contribution in [1.82, 2.24) is 5.32 Å². The van der Waals surface area contributed by atoms with E-state index < -0.39 is 0 Å². The van der Waals surface area contributed by atoms with Crippen molar-refractivity contribution in [2.45, 2.75) is 18.3 Å². The van der Waals surface area contributed by atoms with Crippen molar-refractivity contribution in [1.29, 1.82) is 0 Å². The van der Waals surface area contributed by atoms with E-state index in [9.17, 15) is 0 Å². The fraction of sp³-hybridized carbons (Fsp3) is 0.571. The van der Waals surface area contributed by atoms with Crippen molar-refractivity contribution in [3.8, 4) is 5.75 Å². The molecule has 0 radical (unpaired) electrons. The van der Waals surface area contributed by atoms with Crippen molar-refractivity contribution in [2.24, 2.45) is 0 Å². The van der Waals surface area contributed by atoms with Crippen molar-refractivity contribution in [2.75, 3.05) is 33.9 Å². The Labute approximate surface area is 103 Å². The van der Waals surface area contributed by atoms with Crippen LogP contribution in [0.25, 0.3) is 0 Å². The summed E-state index contributed by atoms with van der Waals surface area (Å²) in [7, 11) is 3.73. The zero-order valence-electron chi connectivity index (χ0n) is 10.7. The first-order valence-electron chi connectivity index (χ1n) is 6.18. The lowest BCUT2D eigenvalue weighted by Gasteiger charge is -2.37. The first kappa shape index (κ1) is 12.4. The number of rotatable bonds is 4. The van der Waals surface area contributed by atoms with Crippen LogP contribution in [0.4, 0.5) is 0 Å². The fourth-order valence-electron chi connectivity index (χ4n) is 2.62. The summed E-state index contributed by atoms with van der Waals surface area (Å²) in [6, 6.07) is 8.42. The first-order chi connectivity index (χ1) is 8.30. The highest BCUT2D eigenvalue weighted by molar-refractivity contribution is 5.34. The van der Waals surface area contributed by atoms with Gasteiger partial charge in [0.25, 0.3) is 0 Å². The van der Waals surface area contributed by atoms with Gasteiger partial charge in [0.15, 0.2) is 0 Å². The van der Waals surface area contributed by atoms with Gasteiger partial charge in [-0.3, -0.25) is 0 Å². The largest absolute Gasteiger partial charge is 0.497 e. The van der Waals surface area contributed by atoms with Gasteiger partial charge in [-0.05, 0) is 37.6 Å². The highest BCUT2D eigenvalue weighted by atomic mass is 16.5. The number of likely N-dealkylation sites (N-methyl/N-ethyl adjacent to an activating group) is 1. The minimum Gasteiger partial charge on any atom is -0.497 e. The second-order valence-electron chi connectivity index (χ2n) is 4.65. The molecule has 1 aliphatic rings. The van der Waals surface area contributed by atoms with Gasteiger partial charge in [-0.15, -0.1) is 0 Å². The van der Waals surface area contributed by atoms with Crippen LogP contribution in [0.1, 0.15) is 18.4 Å². The predicted molar refractivity (Wildman–Crippen MR) is 68.7 cm³/mol. The highest BCUT2D eigenvalue weighted by Crippen LogP contribution is 2.35. The lowest BCUT2D eigenvalue weighted by Crippen LogP contribution is -2.41. The number of benzene rings is 1. The van der Waals surface area contributed by atoms with Gasteiger partial charge in [0.2, 0.25) is 0 Å². The molecule has 0 amide bonds. The number of nitrogens with one attached hydrogen (secondary N) is 1. The number of hydrogen-bond acceptors (Lipinski definition) is 3. The molecule has 0 aliphatic carbocycles. The van der Waals surface area contributed by atoms with Crippen LogP contribution >= 0.6 is 0 Å². The standard InChI is InChI=1S/C14H21NO2/c1-15-11-14(6-8-17-9-7-14)12-4-3-5-13(10-12)16-2/h3-5,10,15H,6-9,11H2,1-2H3. The lowest BCUT2D eigenvalue weighted by molar-refractivity contribution is 0.0505. The van der Waals surface area contributed by atoms with Crippen LogP contribution in [-0.2, 0) is 10.2 Å². The second kappa shape index (κ2) is 5.52. The summed E-state index contributed by atoms with van der Waals surface area (Å²) in [5.74, 6) is 0.935. The van der Waals surface area contributed by atoms with E-state index in [2.05, 4.69) is 23.5 Å². The van der Waals surface area contributed by atoms with Gasteiger partial charge < -0.3 is 14.8 Å². The van der Waals surface area contributed by atoms with E-state index >= 15 is 0 Å². The van der Waals surface area contributed by atoms with Crippen LogP contribution in [0.3, 0.4) is 0 Å². The van der Waals surface area contributed by atoms with Crippen LogP contribution < -0.4 is 10.1 Å². The third kappa shape index (κ3) is 2.61. The zero-order chi connectivity index (χ0) is 12.1. The summed E-state index contributed by atoms with van der Waals surface area (Å²) in [4.78, 5) is 0. The Morgan fingerprint density at radius 2 is 2.12 bits per heavy atom. The van der Waals surface area contributed by atoms with E-state index in [0.717, 1.165) is 38.3 Å². The topological polar surface area (TPSA) is 30.5 Å². The quantitative estimate of drug-likeness (QED) is 0.865. The van der Waals surface area contributed by atoms with Crippen LogP contribution in [-0.4, -0.2) is 33.9 Å². The minimum absolute atomic E-state index is 0.196. The Morgan fingerprint density at radius 3 is 2.76 bits per heavy atom. The number of methoxy groups -OCH3 is 1. The maximum Gasteiger partial charge on any atom is 0.119 e. The molecule has 3 nitrogen and oxygen atoms in total. The molecule has 17 heavy (non-hydrogen) atoms. The molecular formula is C14H21NO2. The third-order valence-corrected chi connectivity index (χ3v) is 3.65. The summed E-state index contributed by atoms with van der Waals surface area (Å²) < 4.78 is 10.8. The van der Waals surface area contributed by atoms with Gasteiger partial charge in [-0.25, -0.2) is 0 Å². The van der Waals surface area contributed by atoms with E-state index in [-0.39, 0.29) is 5.41 Å². The monoisotopic (exact) mass is 235 g/mol. The molecular weight excluding hydrogens is 214 g/mol. The van der Waals surface area contributed by atoms with Gasteiger partial charge >= 0.3 is 0 Å². The minimum atomic E-state index is 0.196. The lowest BCUT2D eigenvalue weighted by atomic mass is 9.74. The first-order valence-corrected chi connectivity index (χ1v) is 6.18. The predicted octanol–water partition coefficient (Wildman–Crippen LogP) is 1.96. The van der Waals surface area contributed by atoms with E-state index in [0.29, 0.717) is 0 Å². The maximum atomic E-state index is 5.49. The molecule has 94 valence electrons. The van der Waals surface area contributed by atoms with Gasteiger partial charge in [0.1, 0.15) is 5.75 Å². The van der Waals surface area contributed by atoms with Crippen LogP contribution in [0, 0.1) is 0 Å². The van der Waals surface area contributed by atoms with Gasteiger partial charge in [0, 0.05) is 25.2 Å². The van der Waals surface area contributed by atoms with Crippen LogP contribution in [0.5, 0.6) is 5.75 Å². The van der Waals surface area contributed by atoms with E-state index in [1.165, 1.54) is 5.56 Å². The Balaban J connectivity index is 2.30. The molecule has 1 heterocycles. The summed E-state index contributed by atoms with van der Waals surface area (Å²) in [5, 5.41) is 3.32. The van der Waals surface area contributed by atoms with Gasteiger partial charge in [0.05, 0.1) is 7.11 Å². The van der Waals surface area contributed by atoms with Crippen LogP contribution in [0.2, 0.25) is 0 Å². The average Bonchev–Trinajstić information content (AvgIpc) is 2.40. The van der Waals surface area contributed by atoms with Crippen molar-refractivity contribution >= 4 is 0 Å². The molecule has 2 rings (SSSR count). The smallest absolute Gasteiger partial charge is 0.119 e. The Hall–Kier alpha value is -1.06. The molecule has 0 unspecified atom stereocenters. The molecule has 1 aromatic rings. The molecule has 3 heteroatoms. The van der Waals surface area contributed by atoms with Crippen molar-refractivity contribution in [3.05, 3.63) is 29.8 Å². The highest BCUT2D eigenvalue weighted by Gasteiger charge is 2.33. The average molecular weight is 235 g/mol.